The lowest BCUT2D eigenvalue weighted by molar-refractivity contribution is 0.102. The van der Waals surface area contributed by atoms with Crippen LogP contribution in [0.3, 0.4) is 0 Å². The zero-order valence-electron chi connectivity index (χ0n) is 19.6. The molecule has 0 saturated heterocycles. The quantitative estimate of drug-likeness (QED) is 0.203. The van der Waals surface area contributed by atoms with E-state index in [1.54, 1.807) is 15.9 Å². The summed E-state index contributed by atoms with van der Waals surface area (Å²) in [6, 6.07) is 17.7. The van der Waals surface area contributed by atoms with Crippen molar-refractivity contribution in [2.24, 2.45) is 0 Å². The van der Waals surface area contributed by atoms with Crippen LogP contribution in [0.4, 0.5) is 0 Å². The number of para-hydroxylation sites is 1. The number of benzene rings is 2. The number of aromatic nitrogens is 2. The fraction of sp³-hybridized carbons (Fsp3) is 0.296. The molecular weight excluding hydrogens is 462 g/mol. The van der Waals surface area contributed by atoms with Crippen molar-refractivity contribution in [3.8, 4) is 5.69 Å². The van der Waals surface area contributed by atoms with Crippen LogP contribution in [0.25, 0.3) is 15.9 Å². The second kappa shape index (κ2) is 9.49. The molecule has 0 fully saturated rings. The lowest BCUT2D eigenvalue weighted by atomic mass is 10.0. The van der Waals surface area contributed by atoms with Gasteiger partial charge in [-0.15, -0.1) is 11.3 Å². The van der Waals surface area contributed by atoms with Gasteiger partial charge in [-0.05, 0) is 44.9 Å². The van der Waals surface area contributed by atoms with Crippen LogP contribution >= 0.6 is 23.1 Å². The Kier molecular flexibility index (Phi) is 6.42. The molecule has 0 atom stereocenters. The Bertz CT molecular complexity index is 1410. The lowest BCUT2D eigenvalue weighted by Crippen LogP contribution is -2.35. The summed E-state index contributed by atoms with van der Waals surface area (Å²) in [7, 11) is 0. The molecule has 5 nitrogen and oxygen atoms in total. The first-order chi connectivity index (χ1) is 16.4. The van der Waals surface area contributed by atoms with Gasteiger partial charge in [0.2, 0.25) is 0 Å². The molecule has 34 heavy (non-hydrogen) atoms. The van der Waals surface area contributed by atoms with Crippen LogP contribution in [0.5, 0.6) is 0 Å². The van der Waals surface area contributed by atoms with E-state index in [1.807, 2.05) is 61.5 Å². The highest BCUT2D eigenvalue weighted by molar-refractivity contribution is 7.99. The fourth-order valence-corrected chi connectivity index (χ4v) is 6.53. The van der Waals surface area contributed by atoms with Crippen molar-refractivity contribution >= 4 is 39.1 Å². The minimum absolute atomic E-state index is 0.0250. The number of carbonyl (C=O) groups is 1. The minimum Gasteiger partial charge on any atom is -0.296 e. The first kappa shape index (κ1) is 23.0. The van der Waals surface area contributed by atoms with Crippen molar-refractivity contribution in [2.75, 3.05) is 12.3 Å². The molecule has 0 unspecified atom stereocenters. The van der Waals surface area contributed by atoms with Crippen molar-refractivity contribution in [3.63, 3.8) is 0 Å². The summed E-state index contributed by atoms with van der Waals surface area (Å²) in [5.74, 6) is 0.247. The number of thiophene rings is 1. The zero-order valence-corrected chi connectivity index (χ0v) is 21.2. The van der Waals surface area contributed by atoms with Crippen LogP contribution in [-0.4, -0.2) is 38.6 Å². The molecule has 7 heteroatoms. The number of fused-ring (bicyclic) bond motifs is 3. The molecule has 0 spiro atoms. The van der Waals surface area contributed by atoms with E-state index in [9.17, 15) is 9.59 Å². The van der Waals surface area contributed by atoms with Crippen LogP contribution in [0.2, 0.25) is 0 Å². The largest absolute Gasteiger partial charge is 0.296 e. The van der Waals surface area contributed by atoms with Gasteiger partial charge in [0.05, 0.1) is 16.8 Å². The first-order valence-corrected chi connectivity index (χ1v) is 13.3. The molecule has 174 valence electrons. The van der Waals surface area contributed by atoms with Crippen LogP contribution in [0.1, 0.15) is 40.2 Å². The SMILES string of the molecule is Cc1ccc(C(=O)CSc2nc3sc4c(c3c(=O)n2-c2ccccc2)CCN(C(C)C)C4)cc1. The summed E-state index contributed by atoms with van der Waals surface area (Å²) < 4.78 is 1.68. The van der Waals surface area contributed by atoms with Gasteiger partial charge in [0, 0.05) is 29.6 Å². The summed E-state index contributed by atoms with van der Waals surface area (Å²) in [6.07, 6.45) is 0.859. The van der Waals surface area contributed by atoms with E-state index in [0.717, 1.165) is 46.5 Å². The second-order valence-electron chi connectivity index (χ2n) is 8.95. The molecule has 0 aliphatic carbocycles. The molecule has 0 N–H and O–H groups in total. The number of carbonyl (C=O) groups excluding carboxylic acids is 1. The van der Waals surface area contributed by atoms with Gasteiger partial charge in [-0.25, -0.2) is 4.98 Å². The Balaban J connectivity index is 1.57. The van der Waals surface area contributed by atoms with E-state index in [2.05, 4.69) is 18.7 Å². The highest BCUT2D eigenvalue weighted by Crippen LogP contribution is 2.35. The monoisotopic (exact) mass is 489 g/mol. The van der Waals surface area contributed by atoms with E-state index < -0.39 is 0 Å². The number of thioether (sulfide) groups is 1. The minimum atomic E-state index is -0.0445. The predicted molar refractivity (Wildman–Crippen MR) is 141 cm³/mol. The van der Waals surface area contributed by atoms with Gasteiger partial charge in [0.1, 0.15) is 4.83 Å². The maximum absolute atomic E-state index is 13.9. The normalized spacial score (nSPS) is 14.0. The number of Topliss-reactive ketones (excluding diaryl/α,β-unsaturated/α-hetero) is 1. The van der Waals surface area contributed by atoms with Gasteiger partial charge in [-0.1, -0.05) is 59.8 Å². The van der Waals surface area contributed by atoms with Gasteiger partial charge in [-0.2, -0.15) is 0 Å². The second-order valence-corrected chi connectivity index (χ2v) is 11.0. The lowest BCUT2D eigenvalue weighted by Gasteiger charge is -2.30. The molecule has 1 aliphatic heterocycles. The van der Waals surface area contributed by atoms with E-state index in [-0.39, 0.29) is 17.1 Å². The average molecular weight is 490 g/mol. The van der Waals surface area contributed by atoms with E-state index in [0.29, 0.717) is 16.8 Å². The van der Waals surface area contributed by atoms with E-state index >= 15 is 0 Å². The molecule has 2 aromatic heterocycles. The Morgan fingerprint density at radius 3 is 2.56 bits per heavy atom. The van der Waals surface area contributed by atoms with Crippen molar-refractivity contribution in [2.45, 2.75) is 44.9 Å². The van der Waals surface area contributed by atoms with Gasteiger partial charge < -0.3 is 0 Å². The third-order valence-electron chi connectivity index (χ3n) is 6.32. The summed E-state index contributed by atoms with van der Waals surface area (Å²) in [6.45, 7) is 8.22. The number of aryl methyl sites for hydroxylation is 1. The van der Waals surface area contributed by atoms with Crippen LogP contribution in [-0.2, 0) is 13.0 Å². The Morgan fingerprint density at radius 1 is 1.12 bits per heavy atom. The van der Waals surface area contributed by atoms with Crippen molar-refractivity contribution in [3.05, 3.63) is 86.5 Å². The third kappa shape index (κ3) is 4.35. The third-order valence-corrected chi connectivity index (χ3v) is 8.37. The fourth-order valence-electron chi connectivity index (χ4n) is 4.34. The predicted octanol–water partition coefficient (Wildman–Crippen LogP) is 5.50. The molecule has 0 saturated carbocycles. The molecular formula is C27H27N3O2S2. The number of rotatable bonds is 6. The zero-order chi connectivity index (χ0) is 23.8. The van der Waals surface area contributed by atoms with Crippen LogP contribution in [0, 0.1) is 6.92 Å². The molecule has 3 heterocycles. The number of hydrogen-bond acceptors (Lipinski definition) is 6. The Morgan fingerprint density at radius 2 is 1.85 bits per heavy atom. The van der Waals surface area contributed by atoms with Crippen molar-refractivity contribution < 1.29 is 4.79 Å². The maximum atomic E-state index is 13.9. The molecule has 5 rings (SSSR count). The number of nitrogens with zero attached hydrogens (tertiary/aromatic N) is 3. The molecule has 1 aliphatic rings. The van der Waals surface area contributed by atoms with E-state index in [1.165, 1.54) is 16.6 Å². The molecule has 0 amide bonds. The highest BCUT2D eigenvalue weighted by atomic mass is 32.2. The van der Waals surface area contributed by atoms with Gasteiger partial charge in [-0.3, -0.25) is 19.1 Å². The maximum Gasteiger partial charge on any atom is 0.267 e. The number of hydrogen-bond donors (Lipinski definition) is 0. The summed E-state index contributed by atoms with van der Waals surface area (Å²) >= 11 is 2.95. The van der Waals surface area contributed by atoms with E-state index in [4.69, 9.17) is 4.98 Å². The average Bonchev–Trinajstić information content (AvgIpc) is 3.21. The van der Waals surface area contributed by atoms with Crippen LogP contribution in [0.15, 0.2) is 64.5 Å². The number of ketones is 1. The summed E-state index contributed by atoms with van der Waals surface area (Å²) in [5.41, 5.74) is 3.66. The molecule has 2 aromatic carbocycles. The van der Waals surface area contributed by atoms with Gasteiger partial charge in [0.25, 0.3) is 5.56 Å². The first-order valence-electron chi connectivity index (χ1n) is 11.5. The van der Waals surface area contributed by atoms with Gasteiger partial charge >= 0.3 is 0 Å². The van der Waals surface area contributed by atoms with Crippen LogP contribution < -0.4 is 5.56 Å². The van der Waals surface area contributed by atoms with Crippen molar-refractivity contribution in [1.82, 2.24) is 14.5 Å². The molecule has 4 aromatic rings. The molecule has 0 bridgehead atoms. The Hall–Kier alpha value is -2.74. The summed E-state index contributed by atoms with van der Waals surface area (Å²) in [4.78, 5) is 36.1. The van der Waals surface area contributed by atoms with Gasteiger partial charge in [0.15, 0.2) is 10.9 Å². The molecule has 0 radical (unpaired) electrons. The summed E-state index contributed by atoms with van der Waals surface area (Å²) in [5, 5.41) is 1.30. The van der Waals surface area contributed by atoms with Crippen molar-refractivity contribution in [1.29, 1.82) is 0 Å². The Labute approximate surface area is 207 Å². The topological polar surface area (TPSA) is 55.2 Å². The smallest absolute Gasteiger partial charge is 0.267 e. The standard InChI is InChI=1S/C27H27N3O2S2/c1-17(2)29-14-13-21-23(15-29)34-25-24(21)26(32)30(20-7-5-4-6-8-20)27(28-25)33-16-22(31)19-11-9-18(3)10-12-19/h4-12,17H,13-16H2,1-3H3. The highest BCUT2D eigenvalue weighted by Gasteiger charge is 2.26.